The Kier molecular flexibility index (Phi) is 9.67. The fourth-order valence-electron chi connectivity index (χ4n) is 5.62. The predicted octanol–water partition coefficient (Wildman–Crippen LogP) is 2.26. The molecule has 0 fully saturated rings. The zero-order valence-corrected chi connectivity index (χ0v) is 23.8. The van der Waals surface area contributed by atoms with Crippen LogP contribution in [0.3, 0.4) is 0 Å². The van der Waals surface area contributed by atoms with Gasteiger partial charge in [0.2, 0.25) is 11.8 Å². The van der Waals surface area contributed by atoms with Crippen molar-refractivity contribution in [1.29, 1.82) is 0 Å². The number of fused-ring (bicyclic) bond motifs is 3. The Morgan fingerprint density at radius 1 is 1.15 bits per heavy atom. The second kappa shape index (κ2) is 13.2. The molecular formula is C31H38N2O8. The van der Waals surface area contributed by atoms with Crippen molar-refractivity contribution in [2.75, 3.05) is 33.9 Å². The molecule has 1 aliphatic heterocycles. The minimum atomic E-state index is -1.19. The summed E-state index contributed by atoms with van der Waals surface area (Å²) in [5.74, 6) is 0.0582. The maximum Gasteiger partial charge on any atom is 0.247 e. The van der Waals surface area contributed by atoms with Crippen LogP contribution >= 0.6 is 0 Å². The molecule has 4 rings (SSSR count). The van der Waals surface area contributed by atoms with Crippen LogP contribution in [0.2, 0.25) is 0 Å². The predicted molar refractivity (Wildman–Crippen MR) is 151 cm³/mol. The summed E-state index contributed by atoms with van der Waals surface area (Å²) in [4.78, 5) is 40.4. The smallest absolute Gasteiger partial charge is 0.247 e. The molecule has 10 heteroatoms. The van der Waals surface area contributed by atoms with Gasteiger partial charge >= 0.3 is 0 Å². The summed E-state index contributed by atoms with van der Waals surface area (Å²) in [6, 6.07) is 9.82. The normalized spacial score (nSPS) is 20.8. The molecular weight excluding hydrogens is 528 g/mol. The Morgan fingerprint density at radius 3 is 2.54 bits per heavy atom. The van der Waals surface area contributed by atoms with E-state index in [0.29, 0.717) is 41.1 Å². The number of ether oxygens (including phenoxy) is 3. The van der Waals surface area contributed by atoms with Crippen molar-refractivity contribution in [3.63, 3.8) is 0 Å². The summed E-state index contributed by atoms with van der Waals surface area (Å²) in [6.45, 7) is 3.92. The minimum absolute atomic E-state index is 0.0238. The van der Waals surface area contributed by atoms with E-state index in [0.717, 1.165) is 5.56 Å². The summed E-state index contributed by atoms with van der Waals surface area (Å²) in [6.07, 6.45) is 0.893. The largest absolute Gasteiger partial charge is 0.496 e. The van der Waals surface area contributed by atoms with Gasteiger partial charge in [0.15, 0.2) is 11.5 Å². The molecule has 220 valence electrons. The van der Waals surface area contributed by atoms with Gasteiger partial charge in [-0.3, -0.25) is 14.4 Å². The highest BCUT2D eigenvalue weighted by atomic mass is 16.5. The molecule has 1 heterocycles. The van der Waals surface area contributed by atoms with E-state index >= 15 is 0 Å². The van der Waals surface area contributed by atoms with Crippen LogP contribution in [0.25, 0.3) is 0 Å². The third kappa shape index (κ3) is 6.23. The Balaban J connectivity index is 1.78. The molecule has 41 heavy (non-hydrogen) atoms. The highest BCUT2D eigenvalue weighted by molar-refractivity contribution is 5.96. The van der Waals surface area contributed by atoms with E-state index in [-0.39, 0.29) is 43.5 Å². The Labute approximate surface area is 239 Å². The zero-order valence-electron chi connectivity index (χ0n) is 23.8. The van der Waals surface area contributed by atoms with E-state index in [1.807, 2.05) is 38.1 Å². The van der Waals surface area contributed by atoms with Gasteiger partial charge in [-0.25, -0.2) is 0 Å². The number of rotatable bonds is 12. The first kappa shape index (κ1) is 30.1. The molecule has 0 saturated carbocycles. The van der Waals surface area contributed by atoms with Gasteiger partial charge in [0.25, 0.3) is 0 Å². The van der Waals surface area contributed by atoms with Crippen LogP contribution < -0.4 is 19.5 Å². The van der Waals surface area contributed by atoms with Crippen molar-refractivity contribution in [1.82, 2.24) is 10.2 Å². The monoisotopic (exact) mass is 566 g/mol. The van der Waals surface area contributed by atoms with Crippen LogP contribution in [0.5, 0.6) is 17.2 Å². The lowest BCUT2D eigenvalue weighted by atomic mass is 9.77. The van der Waals surface area contributed by atoms with Gasteiger partial charge in [0, 0.05) is 36.2 Å². The van der Waals surface area contributed by atoms with Crippen LogP contribution in [0.1, 0.15) is 47.7 Å². The molecule has 4 atom stereocenters. The maximum atomic E-state index is 13.6. The molecule has 2 amide bonds. The average Bonchev–Trinajstić information content (AvgIpc) is 3.36. The lowest BCUT2D eigenvalue weighted by Crippen LogP contribution is -2.56. The fourth-order valence-corrected chi connectivity index (χ4v) is 5.62. The molecule has 0 aromatic heterocycles. The van der Waals surface area contributed by atoms with Crippen molar-refractivity contribution >= 4 is 18.1 Å². The molecule has 0 spiro atoms. The number of aliphatic hydroxyl groups excluding tert-OH is 2. The van der Waals surface area contributed by atoms with Crippen molar-refractivity contribution in [2.24, 2.45) is 5.92 Å². The Bertz CT molecular complexity index is 1310. The molecule has 2 aromatic carbocycles. The first-order valence-corrected chi connectivity index (χ1v) is 13.8. The van der Waals surface area contributed by atoms with E-state index in [2.05, 4.69) is 5.32 Å². The number of aliphatic hydroxyl groups is 2. The highest BCUT2D eigenvalue weighted by Crippen LogP contribution is 2.51. The second-order valence-corrected chi connectivity index (χ2v) is 10.6. The van der Waals surface area contributed by atoms with Crippen LogP contribution in [0.15, 0.2) is 48.0 Å². The Hall–Kier alpha value is -3.89. The van der Waals surface area contributed by atoms with E-state index in [1.165, 1.54) is 13.2 Å². The number of carbonyl (C=O) groups is 3. The van der Waals surface area contributed by atoms with Crippen LogP contribution in [0.4, 0.5) is 0 Å². The van der Waals surface area contributed by atoms with Gasteiger partial charge in [-0.05, 0) is 42.2 Å². The molecule has 0 radical (unpaired) electrons. The third-order valence-corrected chi connectivity index (χ3v) is 7.49. The third-order valence-electron chi connectivity index (χ3n) is 7.49. The number of para-hydroxylation sites is 1. The molecule has 2 aromatic rings. The number of methoxy groups -OCH3 is 2. The second-order valence-electron chi connectivity index (χ2n) is 10.6. The number of benzene rings is 2. The maximum absolute atomic E-state index is 13.6. The first-order valence-electron chi connectivity index (χ1n) is 13.8. The quantitative estimate of drug-likeness (QED) is 0.333. The van der Waals surface area contributed by atoms with Crippen molar-refractivity contribution < 1.29 is 38.8 Å². The Morgan fingerprint density at radius 2 is 1.88 bits per heavy atom. The van der Waals surface area contributed by atoms with Gasteiger partial charge in [0.05, 0.1) is 32.8 Å². The van der Waals surface area contributed by atoms with Crippen LogP contribution in [-0.2, 0) is 16.0 Å². The first-order chi connectivity index (χ1) is 19.7. The van der Waals surface area contributed by atoms with Gasteiger partial charge < -0.3 is 34.6 Å². The molecule has 0 saturated heterocycles. The molecule has 0 unspecified atom stereocenters. The lowest BCUT2D eigenvalue weighted by Gasteiger charge is -2.41. The van der Waals surface area contributed by atoms with E-state index < -0.39 is 30.1 Å². The standard InChI is InChI=1S/C31H38N2O8/c1-18(2)13-26(36)33(11-9-20-7-5-6-8-24(20)39-3)23-16-22(31(38)32-10-12-34)27-21-14-19(17-35)15-25(40-4)29(21)41-30(27)28(23)37/h5-8,14-18,23,27-28,30,34,37H,9-13H2,1-4H3,(H,32,38)/t23-,27+,28+,30+/m1/s1. The van der Waals surface area contributed by atoms with Crippen LogP contribution in [-0.4, -0.2) is 85.4 Å². The summed E-state index contributed by atoms with van der Waals surface area (Å²) < 4.78 is 17.2. The summed E-state index contributed by atoms with van der Waals surface area (Å²) in [7, 11) is 3.04. The summed E-state index contributed by atoms with van der Waals surface area (Å²) in [5.41, 5.74) is 2.05. The minimum Gasteiger partial charge on any atom is -0.496 e. The molecule has 3 N–H and O–H groups in total. The zero-order chi connectivity index (χ0) is 29.7. The molecule has 2 aliphatic rings. The number of nitrogens with zero attached hydrogens (tertiary/aromatic N) is 1. The number of hydrogen-bond acceptors (Lipinski definition) is 8. The van der Waals surface area contributed by atoms with Gasteiger partial charge in [-0.2, -0.15) is 0 Å². The number of carbonyl (C=O) groups excluding carboxylic acids is 3. The van der Waals surface area contributed by atoms with E-state index in [1.54, 1.807) is 24.2 Å². The number of amides is 2. The molecule has 1 aliphatic carbocycles. The van der Waals surface area contributed by atoms with Crippen LogP contribution in [0, 0.1) is 5.92 Å². The molecule has 0 bridgehead atoms. The number of aldehydes is 1. The average molecular weight is 567 g/mol. The van der Waals surface area contributed by atoms with Gasteiger partial charge in [-0.1, -0.05) is 32.0 Å². The van der Waals surface area contributed by atoms with E-state index in [4.69, 9.17) is 14.2 Å². The van der Waals surface area contributed by atoms with Crippen molar-refractivity contribution in [2.45, 2.75) is 50.9 Å². The fraction of sp³-hybridized carbons (Fsp3) is 0.452. The summed E-state index contributed by atoms with van der Waals surface area (Å²) in [5, 5.41) is 23.8. The SMILES string of the molecule is COc1ccccc1CCN(C(=O)CC(C)C)[C@@H]1C=C(C(=O)NCCO)[C@@H]2c3cc(C=O)cc(OC)c3O[C@@H]2[C@H]1O. The number of nitrogens with one attached hydrogen (secondary N) is 1. The lowest BCUT2D eigenvalue weighted by molar-refractivity contribution is -0.137. The van der Waals surface area contributed by atoms with Gasteiger partial charge in [0.1, 0.15) is 24.2 Å². The van der Waals surface area contributed by atoms with Crippen molar-refractivity contribution in [3.8, 4) is 17.2 Å². The van der Waals surface area contributed by atoms with Gasteiger partial charge in [-0.15, -0.1) is 0 Å². The topological polar surface area (TPSA) is 135 Å². The van der Waals surface area contributed by atoms with Crippen molar-refractivity contribution in [3.05, 3.63) is 64.7 Å². The molecule has 10 nitrogen and oxygen atoms in total. The highest BCUT2D eigenvalue weighted by Gasteiger charge is 2.51. The number of hydrogen-bond donors (Lipinski definition) is 3. The van der Waals surface area contributed by atoms with E-state index in [9.17, 15) is 24.6 Å². The summed E-state index contributed by atoms with van der Waals surface area (Å²) >= 11 is 0.